The minimum absolute atomic E-state index is 0.0393. The van der Waals surface area contributed by atoms with Crippen LogP contribution in [0.25, 0.3) is 0 Å². The van der Waals surface area contributed by atoms with Crippen LogP contribution >= 0.6 is 0 Å². The molecule has 0 aliphatic heterocycles. The molecule has 2 aliphatic carbocycles. The lowest BCUT2D eigenvalue weighted by atomic mass is 10.2. The molecule has 0 bridgehead atoms. The number of nitrogens with zero attached hydrogens (tertiary/aromatic N) is 2. The number of aromatic nitrogens is 1. The van der Waals surface area contributed by atoms with Gasteiger partial charge < -0.3 is 4.90 Å². The Bertz CT molecular complexity index is 418. The molecular weight excluding hydrogens is 224 g/mol. The summed E-state index contributed by atoms with van der Waals surface area (Å²) in [6.07, 6.45) is 7.36. The van der Waals surface area contributed by atoms with Gasteiger partial charge in [-0.25, -0.2) is 0 Å². The van der Waals surface area contributed by atoms with E-state index >= 15 is 0 Å². The maximum atomic E-state index is 11.2. The summed E-state index contributed by atoms with van der Waals surface area (Å²) in [5.74, 6) is 1.81. The first kappa shape index (κ1) is 11.7. The van der Waals surface area contributed by atoms with Gasteiger partial charge in [-0.05, 0) is 49.7 Å². The van der Waals surface area contributed by atoms with Crippen LogP contribution in [-0.2, 0) is 0 Å². The summed E-state index contributed by atoms with van der Waals surface area (Å²) in [7, 11) is 0. The number of Topliss-reactive ketones (excluding diaryl/α,β-unsaturated/α-hetero) is 1. The lowest BCUT2D eigenvalue weighted by molar-refractivity contribution is 0.101. The molecule has 0 aromatic carbocycles. The van der Waals surface area contributed by atoms with Gasteiger partial charge in [0.05, 0.1) is 11.9 Å². The second-order valence-corrected chi connectivity index (χ2v) is 5.75. The highest BCUT2D eigenvalue weighted by Gasteiger charge is 2.29. The third-order valence-corrected chi connectivity index (χ3v) is 3.82. The van der Waals surface area contributed by atoms with Gasteiger partial charge in [-0.15, -0.1) is 0 Å². The van der Waals surface area contributed by atoms with Crippen molar-refractivity contribution in [3.05, 3.63) is 24.0 Å². The second-order valence-electron chi connectivity index (χ2n) is 5.75. The Labute approximate surface area is 108 Å². The van der Waals surface area contributed by atoms with Gasteiger partial charge in [-0.1, -0.05) is 0 Å². The smallest absolute Gasteiger partial charge is 0.178 e. The summed E-state index contributed by atoms with van der Waals surface area (Å²) in [5.41, 5.74) is 1.75. The van der Waals surface area contributed by atoms with Crippen LogP contribution in [0.15, 0.2) is 18.3 Å². The van der Waals surface area contributed by atoms with Crippen LogP contribution in [0, 0.1) is 11.8 Å². The first-order valence-corrected chi connectivity index (χ1v) is 6.94. The maximum absolute atomic E-state index is 11.2. The summed E-state index contributed by atoms with van der Waals surface area (Å²) in [6, 6.07) is 3.90. The van der Waals surface area contributed by atoms with Crippen molar-refractivity contribution >= 4 is 11.5 Å². The normalized spacial score (nSPS) is 18.7. The van der Waals surface area contributed by atoms with E-state index in [9.17, 15) is 4.79 Å². The van der Waals surface area contributed by atoms with Gasteiger partial charge in [0.1, 0.15) is 5.69 Å². The molecule has 0 amide bonds. The van der Waals surface area contributed by atoms with E-state index in [-0.39, 0.29) is 5.78 Å². The lowest BCUT2D eigenvalue weighted by Gasteiger charge is -2.24. The number of carbonyl (C=O) groups is 1. The standard InChI is InChI=1S/C15H20N2O/c1-11(18)15-7-6-14(8-16-15)17(9-12-2-3-12)10-13-4-5-13/h6-8,12-13H,2-5,9-10H2,1H3. The van der Waals surface area contributed by atoms with Gasteiger partial charge >= 0.3 is 0 Å². The van der Waals surface area contributed by atoms with Crippen molar-refractivity contribution in [1.29, 1.82) is 0 Å². The number of ketones is 1. The number of hydrogen-bond donors (Lipinski definition) is 0. The highest BCUT2D eigenvalue weighted by Crippen LogP contribution is 2.35. The Morgan fingerprint density at radius 1 is 1.22 bits per heavy atom. The van der Waals surface area contributed by atoms with E-state index in [1.165, 1.54) is 31.4 Å². The fourth-order valence-corrected chi connectivity index (χ4v) is 2.29. The van der Waals surface area contributed by atoms with Gasteiger partial charge in [0.2, 0.25) is 0 Å². The van der Waals surface area contributed by atoms with Crippen LogP contribution in [0.3, 0.4) is 0 Å². The van der Waals surface area contributed by atoms with Crippen LogP contribution in [0.5, 0.6) is 0 Å². The molecule has 0 N–H and O–H groups in total. The van der Waals surface area contributed by atoms with Crippen LogP contribution in [0.1, 0.15) is 43.1 Å². The molecule has 0 unspecified atom stereocenters. The number of anilines is 1. The van der Waals surface area contributed by atoms with E-state index in [1.54, 1.807) is 6.92 Å². The first-order chi connectivity index (χ1) is 8.72. The topological polar surface area (TPSA) is 33.2 Å². The quantitative estimate of drug-likeness (QED) is 0.721. The summed E-state index contributed by atoms with van der Waals surface area (Å²) < 4.78 is 0. The SMILES string of the molecule is CC(=O)c1ccc(N(CC2CC2)CC2CC2)cn1. The summed E-state index contributed by atoms with van der Waals surface area (Å²) in [4.78, 5) is 18.0. The Hall–Kier alpha value is -1.38. The fourth-order valence-electron chi connectivity index (χ4n) is 2.29. The molecule has 2 fully saturated rings. The number of carbonyl (C=O) groups excluding carboxylic acids is 1. The number of pyridine rings is 1. The van der Waals surface area contributed by atoms with Crippen molar-refractivity contribution in [2.24, 2.45) is 11.8 Å². The predicted octanol–water partition coefficient (Wildman–Crippen LogP) is 2.91. The Kier molecular flexibility index (Phi) is 3.06. The fraction of sp³-hybridized carbons (Fsp3) is 0.600. The second kappa shape index (κ2) is 4.71. The molecule has 0 spiro atoms. The van der Waals surface area contributed by atoms with Crippen LogP contribution < -0.4 is 4.90 Å². The van der Waals surface area contributed by atoms with Gasteiger partial charge in [-0.3, -0.25) is 9.78 Å². The van der Waals surface area contributed by atoms with Crippen molar-refractivity contribution in [2.45, 2.75) is 32.6 Å². The number of rotatable bonds is 6. The minimum Gasteiger partial charge on any atom is -0.370 e. The average molecular weight is 244 g/mol. The predicted molar refractivity (Wildman–Crippen MR) is 71.9 cm³/mol. The minimum atomic E-state index is 0.0393. The molecular formula is C15H20N2O. The molecule has 1 aromatic heterocycles. The van der Waals surface area contributed by atoms with Crippen LogP contribution in [0.2, 0.25) is 0 Å². The Morgan fingerprint density at radius 2 is 1.83 bits per heavy atom. The molecule has 3 rings (SSSR count). The first-order valence-electron chi connectivity index (χ1n) is 6.94. The van der Waals surface area contributed by atoms with Crippen molar-refractivity contribution in [2.75, 3.05) is 18.0 Å². The van der Waals surface area contributed by atoms with Gasteiger partial charge in [-0.2, -0.15) is 0 Å². The monoisotopic (exact) mass is 244 g/mol. The molecule has 0 radical (unpaired) electrons. The molecule has 0 atom stereocenters. The Balaban J connectivity index is 1.72. The van der Waals surface area contributed by atoms with Crippen LogP contribution in [-0.4, -0.2) is 23.9 Å². The van der Waals surface area contributed by atoms with E-state index in [2.05, 4.69) is 16.0 Å². The zero-order chi connectivity index (χ0) is 12.5. The van der Waals surface area contributed by atoms with Gasteiger partial charge in [0, 0.05) is 20.0 Å². The molecule has 2 saturated carbocycles. The number of hydrogen-bond acceptors (Lipinski definition) is 3. The molecule has 0 saturated heterocycles. The molecule has 1 aromatic rings. The lowest BCUT2D eigenvalue weighted by Crippen LogP contribution is -2.28. The largest absolute Gasteiger partial charge is 0.370 e. The summed E-state index contributed by atoms with van der Waals surface area (Å²) >= 11 is 0. The zero-order valence-corrected chi connectivity index (χ0v) is 10.9. The van der Waals surface area contributed by atoms with E-state index < -0.39 is 0 Å². The highest BCUT2D eigenvalue weighted by molar-refractivity contribution is 5.92. The summed E-state index contributed by atoms with van der Waals surface area (Å²) in [5, 5.41) is 0. The molecule has 18 heavy (non-hydrogen) atoms. The summed E-state index contributed by atoms with van der Waals surface area (Å²) in [6.45, 7) is 3.89. The van der Waals surface area contributed by atoms with Crippen molar-refractivity contribution in [3.63, 3.8) is 0 Å². The molecule has 1 heterocycles. The maximum Gasteiger partial charge on any atom is 0.178 e. The van der Waals surface area contributed by atoms with E-state index in [0.29, 0.717) is 5.69 Å². The molecule has 96 valence electrons. The van der Waals surface area contributed by atoms with E-state index in [0.717, 1.165) is 24.9 Å². The molecule has 3 heteroatoms. The van der Waals surface area contributed by atoms with E-state index in [4.69, 9.17) is 0 Å². The van der Waals surface area contributed by atoms with Gasteiger partial charge in [0.25, 0.3) is 0 Å². The highest BCUT2D eigenvalue weighted by atomic mass is 16.1. The average Bonchev–Trinajstić information content (AvgIpc) is 3.23. The zero-order valence-electron chi connectivity index (χ0n) is 10.9. The third kappa shape index (κ3) is 2.89. The third-order valence-electron chi connectivity index (χ3n) is 3.82. The van der Waals surface area contributed by atoms with Gasteiger partial charge in [0.15, 0.2) is 5.78 Å². The Morgan fingerprint density at radius 3 is 2.22 bits per heavy atom. The van der Waals surface area contributed by atoms with E-state index in [1.807, 2.05) is 12.3 Å². The van der Waals surface area contributed by atoms with Crippen molar-refractivity contribution in [1.82, 2.24) is 4.98 Å². The van der Waals surface area contributed by atoms with Crippen molar-refractivity contribution in [3.8, 4) is 0 Å². The van der Waals surface area contributed by atoms with Crippen molar-refractivity contribution < 1.29 is 4.79 Å². The molecule has 3 nitrogen and oxygen atoms in total. The van der Waals surface area contributed by atoms with Crippen LogP contribution in [0.4, 0.5) is 5.69 Å². The molecule has 2 aliphatic rings.